The highest BCUT2D eigenvalue weighted by Gasteiger charge is 2.29. The number of aryl methyl sites for hydroxylation is 1. The number of aromatic nitrogens is 2. The zero-order valence-electron chi connectivity index (χ0n) is 14.7. The van der Waals surface area contributed by atoms with Gasteiger partial charge in [-0.15, -0.1) is 0 Å². The summed E-state index contributed by atoms with van der Waals surface area (Å²) in [4.78, 5) is 41.0. The topological polar surface area (TPSA) is 90.3 Å². The highest BCUT2D eigenvalue weighted by Crippen LogP contribution is 2.32. The molecule has 1 atom stereocenters. The van der Waals surface area contributed by atoms with Crippen molar-refractivity contribution in [3.05, 3.63) is 39.9 Å². The Balaban J connectivity index is 1.46. The van der Waals surface area contributed by atoms with Crippen molar-refractivity contribution in [2.24, 2.45) is 5.92 Å². The van der Waals surface area contributed by atoms with Crippen LogP contribution in [-0.2, 0) is 22.5 Å². The minimum atomic E-state index is -0.594. The molecule has 2 aromatic rings. The lowest BCUT2D eigenvalue weighted by molar-refractivity contribution is -0.124. The van der Waals surface area contributed by atoms with Crippen molar-refractivity contribution in [2.45, 2.75) is 45.2 Å². The van der Waals surface area contributed by atoms with Crippen LogP contribution in [0.2, 0.25) is 0 Å². The fourth-order valence-electron chi connectivity index (χ4n) is 3.43. The fraction of sp³-hybridized carbons (Fsp3) is 0.474. The second-order valence-corrected chi connectivity index (χ2v) is 7.09. The lowest BCUT2D eigenvalue weighted by Crippen LogP contribution is -2.37. The number of benzene rings is 1. The molecule has 0 radical (unpaired) electrons. The highest BCUT2D eigenvalue weighted by molar-refractivity contribution is 5.95. The predicted molar refractivity (Wildman–Crippen MR) is 94.9 cm³/mol. The molecule has 1 aliphatic heterocycles. The quantitative estimate of drug-likeness (QED) is 0.819. The summed E-state index contributed by atoms with van der Waals surface area (Å²) in [6, 6.07) is 4.81. The van der Waals surface area contributed by atoms with Crippen molar-refractivity contribution in [1.29, 1.82) is 0 Å². The number of fused-ring (bicyclic) bond motifs is 2. The molecule has 4 rings (SSSR count). The van der Waals surface area contributed by atoms with E-state index in [1.165, 1.54) is 0 Å². The average Bonchev–Trinajstić information content (AvgIpc) is 3.38. The first-order valence-corrected chi connectivity index (χ1v) is 9.03. The molecule has 7 nitrogen and oxygen atoms in total. The summed E-state index contributed by atoms with van der Waals surface area (Å²) in [5, 5.41) is 3.33. The van der Waals surface area contributed by atoms with Gasteiger partial charge in [0.1, 0.15) is 5.82 Å². The van der Waals surface area contributed by atoms with Gasteiger partial charge in [0.05, 0.1) is 16.5 Å². The van der Waals surface area contributed by atoms with Crippen LogP contribution in [0.1, 0.15) is 42.4 Å². The van der Waals surface area contributed by atoms with Crippen LogP contribution in [0.4, 0.5) is 0 Å². The Morgan fingerprint density at radius 2 is 2.19 bits per heavy atom. The number of nitrogens with zero attached hydrogens (tertiary/aromatic N) is 2. The summed E-state index contributed by atoms with van der Waals surface area (Å²) in [7, 11) is 0. The predicted octanol–water partition coefficient (Wildman–Crippen LogP) is 1.41. The molecule has 26 heavy (non-hydrogen) atoms. The Hall–Kier alpha value is -2.70. The van der Waals surface area contributed by atoms with Gasteiger partial charge in [0.2, 0.25) is 0 Å². The van der Waals surface area contributed by atoms with Crippen LogP contribution in [0.5, 0.6) is 0 Å². The summed E-state index contributed by atoms with van der Waals surface area (Å²) >= 11 is 0. The molecule has 1 fully saturated rings. The van der Waals surface area contributed by atoms with Gasteiger partial charge < -0.3 is 10.1 Å². The van der Waals surface area contributed by atoms with Crippen molar-refractivity contribution in [2.75, 3.05) is 6.61 Å². The van der Waals surface area contributed by atoms with E-state index in [1.54, 1.807) is 22.8 Å². The zero-order valence-corrected chi connectivity index (χ0v) is 14.7. The van der Waals surface area contributed by atoms with Crippen molar-refractivity contribution in [1.82, 2.24) is 14.9 Å². The maximum atomic E-state index is 12.4. The van der Waals surface area contributed by atoms with Gasteiger partial charge in [-0.1, -0.05) is 0 Å². The highest BCUT2D eigenvalue weighted by atomic mass is 16.5. The molecule has 2 aliphatic rings. The van der Waals surface area contributed by atoms with Crippen LogP contribution < -0.4 is 10.9 Å². The molecule has 0 saturated heterocycles. The smallest absolute Gasteiger partial charge is 0.338 e. The molecular formula is C19H21N3O4. The molecule has 1 aromatic carbocycles. The summed E-state index contributed by atoms with van der Waals surface area (Å²) < 4.78 is 6.79. The fourth-order valence-corrected chi connectivity index (χ4v) is 3.43. The second kappa shape index (κ2) is 6.55. The number of nitrogens with one attached hydrogen (secondary N) is 1. The third-order valence-corrected chi connectivity index (χ3v) is 5.10. The Kier molecular flexibility index (Phi) is 4.22. The molecule has 7 heteroatoms. The van der Waals surface area contributed by atoms with E-state index in [-0.39, 0.29) is 29.7 Å². The minimum Gasteiger partial charge on any atom is -0.452 e. The molecular weight excluding hydrogens is 334 g/mol. The van der Waals surface area contributed by atoms with E-state index in [0.29, 0.717) is 23.4 Å². The molecule has 2 heterocycles. The maximum Gasteiger partial charge on any atom is 0.338 e. The van der Waals surface area contributed by atoms with Gasteiger partial charge in [-0.25, -0.2) is 9.78 Å². The Labute approximate surface area is 150 Å². The van der Waals surface area contributed by atoms with E-state index in [9.17, 15) is 14.4 Å². The van der Waals surface area contributed by atoms with E-state index in [0.717, 1.165) is 31.5 Å². The van der Waals surface area contributed by atoms with Gasteiger partial charge in [0, 0.05) is 19.0 Å². The number of hydrogen-bond acceptors (Lipinski definition) is 5. The van der Waals surface area contributed by atoms with Crippen molar-refractivity contribution >= 4 is 22.8 Å². The van der Waals surface area contributed by atoms with Crippen LogP contribution in [0.25, 0.3) is 10.9 Å². The van der Waals surface area contributed by atoms with Crippen LogP contribution >= 0.6 is 0 Å². The summed E-state index contributed by atoms with van der Waals surface area (Å²) in [5.41, 5.74) is 0.704. The van der Waals surface area contributed by atoms with Crippen LogP contribution in [-0.4, -0.2) is 34.1 Å². The Morgan fingerprint density at radius 3 is 2.96 bits per heavy atom. The molecule has 1 amide bonds. The van der Waals surface area contributed by atoms with Crippen molar-refractivity contribution < 1.29 is 14.3 Å². The number of carbonyl (C=O) groups is 2. The van der Waals surface area contributed by atoms with Gasteiger partial charge in [-0.3, -0.25) is 14.2 Å². The summed E-state index contributed by atoms with van der Waals surface area (Å²) in [5.74, 6) is 0.403. The Bertz CT molecular complexity index is 946. The number of esters is 1. The molecule has 0 spiro atoms. The number of rotatable bonds is 5. The first-order valence-electron chi connectivity index (χ1n) is 9.03. The maximum absolute atomic E-state index is 12.4. The first kappa shape index (κ1) is 16.8. The van der Waals surface area contributed by atoms with Crippen LogP contribution in [0.3, 0.4) is 0 Å². The van der Waals surface area contributed by atoms with E-state index in [2.05, 4.69) is 10.3 Å². The number of amides is 1. The van der Waals surface area contributed by atoms with Gasteiger partial charge in [0.25, 0.3) is 11.5 Å². The second-order valence-electron chi connectivity index (χ2n) is 7.09. The summed E-state index contributed by atoms with van der Waals surface area (Å²) in [6.45, 7) is 2.34. The van der Waals surface area contributed by atoms with Gasteiger partial charge in [-0.05, 0) is 50.3 Å². The van der Waals surface area contributed by atoms with E-state index in [4.69, 9.17) is 4.74 Å². The van der Waals surface area contributed by atoms with Gasteiger partial charge >= 0.3 is 5.97 Å². The number of carbonyl (C=O) groups excluding carboxylic acids is 2. The molecule has 136 valence electrons. The number of ether oxygens (including phenoxy) is 1. The van der Waals surface area contributed by atoms with E-state index in [1.807, 2.05) is 6.92 Å². The normalized spacial score (nSPS) is 17.0. The standard InChI is InChI=1S/C19H21N3O4/c1-11(12-4-5-12)20-17(23)10-26-19(25)13-6-7-14-15(9-13)21-16-3-2-8-22(16)18(14)24/h6-7,9,11-12H,2-5,8,10H2,1H3,(H,20,23)/t11-/m0/s1. The number of hydrogen-bond donors (Lipinski definition) is 1. The SMILES string of the molecule is C[C@H](NC(=O)COC(=O)c1ccc2c(=O)n3c(nc2c1)CCC3)C1CC1. The first-order chi connectivity index (χ1) is 12.5. The molecule has 1 N–H and O–H groups in total. The molecule has 1 saturated carbocycles. The molecule has 0 bridgehead atoms. The molecule has 0 unspecified atom stereocenters. The van der Waals surface area contributed by atoms with Gasteiger partial charge in [0.15, 0.2) is 6.61 Å². The molecule has 1 aromatic heterocycles. The van der Waals surface area contributed by atoms with E-state index >= 15 is 0 Å². The summed E-state index contributed by atoms with van der Waals surface area (Å²) in [6.07, 6.45) is 3.94. The molecule has 1 aliphatic carbocycles. The monoisotopic (exact) mass is 355 g/mol. The van der Waals surface area contributed by atoms with Crippen molar-refractivity contribution in [3.63, 3.8) is 0 Å². The Morgan fingerprint density at radius 1 is 1.38 bits per heavy atom. The third-order valence-electron chi connectivity index (χ3n) is 5.10. The van der Waals surface area contributed by atoms with Gasteiger partial charge in [-0.2, -0.15) is 0 Å². The lowest BCUT2D eigenvalue weighted by Gasteiger charge is -2.12. The van der Waals surface area contributed by atoms with Crippen LogP contribution in [0, 0.1) is 5.92 Å². The minimum absolute atomic E-state index is 0.0733. The van der Waals surface area contributed by atoms with Crippen molar-refractivity contribution in [3.8, 4) is 0 Å². The average molecular weight is 355 g/mol. The third kappa shape index (κ3) is 3.21. The lowest BCUT2D eigenvalue weighted by atomic mass is 10.1. The van der Waals surface area contributed by atoms with E-state index < -0.39 is 5.97 Å². The van der Waals surface area contributed by atoms with Crippen LogP contribution in [0.15, 0.2) is 23.0 Å². The zero-order chi connectivity index (χ0) is 18.3. The largest absolute Gasteiger partial charge is 0.452 e.